The molecule has 6 heteroatoms. The van der Waals surface area contributed by atoms with Crippen LogP contribution in [-0.4, -0.2) is 23.5 Å². The molecule has 0 saturated heterocycles. The monoisotopic (exact) mass is 390 g/mol. The average molecular weight is 391 g/mol. The van der Waals surface area contributed by atoms with Crippen LogP contribution in [0.5, 0.6) is 0 Å². The van der Waals surface area contributed by atoms with Crippen molar-refractivity contribution >= 4 is 33.5 Å². The zero-order valence-electron chi connectivity index (χ0n) is 13.9. The van der Waals surface area contributed by atoms with E-state index in [1.807, 2.05) is 13.8 Å². The number of halogens is 1. The molecule has 2 rings (SSSR count). The second-order valence-electron chi connectivity index (χ2n) is 5.37. The third kappa shape index (κ3) is 4.41. The fourth-order valence-electron chi connectivity index (χ4n) is 2.18. The Kier molecular flexibility index (Phi) is 6.09. The Balaban J connectivity index is 2.28. The number of anilines is 1. The van der Waals surface area contributed by atoms with Crippen molar-refractivity contribution < 1.29 is 14.3 Å². The standard InChI is InChI=1S/C18H19BrN2O3/c1-4-9-24-18(23)15-10-13(19)6-8-16(15)21-17(22)14-7-5-11(2)20-12(14)3/h5-8,10H,4,9H2,1-3H3,(H,21,22). The summed E-state index contributed by atoms with van der Waals surface area (Å²) in [5, 5.41) is 2.77. The molecular formula is C18H19BrN2O3. The number of benzene rings is 1. The molecule has 0 radical (unpaired) electrons. The predicted molar refractivity (Wildman–Crippen MR) is 96.4 cm³/mol. The van der Waals surface area contributed by atoms with Crippen molar-refractivity contribution in [2.75, 3.05) is 11.9 Å². The normalized spacial score (nSPS) is 10.3. The maximum atomic E-state index is 12.5. The van der Waals surface area contributed by atoms with E-state index < -0.39 is 5.97 Å². The minimum Gasteiger partial charge on any atom is -0.462 e. The van der Waals surface area contributed by atoms with Gasteiger partial charge in [-0.2, -0.15) is 0 Å². The molecule has 126 valence electrons. The number of nitrogens with one attached hydrogen (secondary N) is 1. The molecule has 0 aliphatic rings. The van der Waals surface area contributed by atoms with E-state index in [1.54, 1.807) is 37.3 Å². The summed E-state index contributed by atoms with van der Waals surface area (Å²) in [7, 11) is 0. The first-order chi connectivity index (χ1) is 11.4. The number of amides is 1. The number of carbonyl (C=O) groups is 2. The van der Waals surface area contributed by atoms with Gasteiger partial charge in [0.15, 0.2) is 0 Å². The largest absolute Gasteiger partial charge is 0.462 e. The van der Waals surface area contributed by atoms with Gasteiger partial charge in [0.1, 0.15) is 0 Å². The van der Waals surface area contributed by atoms with E-state index in [2.05, 4.69) is 26.2 Å². The third-order valence-electron chi connectivity index (χ3n) is 3.36. The van der Waals surface area contributed by atoms with Crippen LogP contribution < -0.4 is 5.32 Å². The summed E-state index contributed by atoms with van der Waals surface area (Å²) in [5.41, 5.74) is 2.67. The highest BCUT2D eigenvalue weighted by Crippen LogP contribution is 2.23. The van der Waals surface area contributed by atoms with Crippen molar-refractivity contribution in [3.05, 3.63) is 57.3 Å². The molecule has 2 aromatic rings. The highest BCUT2D eigenvalue weighted by molar-refractivity contribution is 9.10. The highest BCUT2D eigenvalue weighted by Gasteiger charge is 2.17. The molecule has 1 aromatic heterocycles. The minimum absolute atomic E-state index is 0.309. The van der Waals surface area contributed by atoms with Crippen LogP contribution >= 0.6 is 15.9 Å². The Labute approximate surface area is 149 Å². The Hall–Kier alpha value is -2.21. The molecule has 1 aromatic carbocycles. The molecule has 1 heterocycles. The lowest BCUT2D eigenvalue weighted by Crippen LogP contribution is -2.17. The number of ether oxygens (including phenoxy) is 1. The van der Waals surface area contributed by atoms with E-state index in [0.29, 0.717) is 29.1 Å². The second-order valence-corrected chi connectivity index (χ2v) is 6.28. The Morgan fingerprint density at radius 3 is 2.58 bits per heavy atom. The van der Waals surface area contributed by atoms with E-state index in [4.69, 9.17) is 4.74 Å². The van der Waals surface area contributed by atoms with Gasteiger partial charge in [-0.1, -0.05) is 22.9 Å². The van der Waals surface area contributed by atoms with E-state index in [0.717, 1.165) is 16.6 Å². The zero-order valence-corrected chi connectivity index (χ0v) is 15.4. The first-order valence-electron chi connectivity index (χ1n) is 7.64. The van der Waals surface area contributed by atoms with E-state index >= 15 is 0 Å². The summed E-state index contributed by atoms with van der Waals surface area (Å²) >= 11 is 3.33. The molecule has 0 aliphatic carbocycles. The SMILES string of the molecule is CCCOC(=O)c1cc(Br)ccc1NC(=O)c1ccc(C)nc1C. The van der Waals surface area contributed by atoms with Gasteiger partial charge in [-0.3, -0.25) is 9.78 Å². The molecule has 0 bridgehead atoms. The van der Waals surface area contributed by atoms with Gasteiger partial charge >= 0.3 is 5.97 Å². The summed E-state index contributed by atoms with van der Waals surface area (Å²) in [5.74, 6) is -0.779. The summed E-state index contributed by atoms with van der Waals surface area (Å²) in [6.07, 6.45) is 0.732. The Morgan fingerprint density at radius 1 is 1.17 bits per heavy atom. The quantitative estimate of drug-likeness (QED) is 0.773. The van der Waals surface area contributed by atoms with Gasteiger partial charge in [-0.05, 0) is 50.6 Å². The number of rotatable bonds is 5. The molecule has 0 saturated carbocycles. The zero-order chi connectivity index (χ0) is 17.7. The molecule has 0 aliphatic heterocycles. The second kappa shape index (κ2) is 8.06. The number of carbonyl (C=O) groups excluding carboxylic acids is 2. The van der Waals surface area contributed by atoms with Crippen molar-refractivity contribution in [1.29, 1.82) is 0 Å². The van der Waals surface area contributed by atoms with Crippen molar-refractivity contribution in [2.45, 2.75) is 27.2 Å². The van der Waals surface area contributed by atoms with Crippen LogP contribution in [-0.2, 0) is 4.74 Å². The summed E-state index contributed by atoms with van der Waals surface area (Å²) < 4.78 is 5.91. The molecule has 1 N–H and O–H groups in total. The topological polar surface area (TPSA) is 68.3 Å². The number of aryl methyl sites for hydroxylation is 2. The summed E-state index contributed by atoms with van der Waals surface area (Å²) in [6.45, 7) is 5.90. The average Bonchev–Trinajstić information content (AvgIpc) is 2.54. The smallest absolute Gasteiger partial charge is 0.340 e. The van der Waals surface area contributed by atoms with Gasteiger partial charge in [0, 0.05) is 10.2 Å². The van der Waals surface area contributed by atoms with Gasteiger partial charge < -0.3 is 10.1 Å². The number of hydrogen-bond acceptors (Lipinski definition) is 4. The predicted octanol–water partition coefficient (Wildman–Crippen LogP) is 4.28. The summed E-state index contributed by atoms with van der Waals surface area (Å²) in [6, 6.07) is 8.56. The molecule has 0 fully saturated rings. The van der Waals surface area contributed by atoms with Gasteiger partial charge in [-0.25, -0.2) is 4.79 Å². The minimum atomic E-state index is -0.466. The maximum Gasteiger partial charge on any atom is 0.340 e. The van der Waals surface area contributed by atoms with E-state index in [9.17, 15) is 9.59 Å². The van der Waals surface area contributed by atoms with Gasteiger partial charge in [0.2, 0.25) is 0 Å². The van der Waals surface area contributed by atoms with Crippen LogP contribution in [0.2, 0.25) is 0 Å². The van der Waals surface area contributed by atoms with Crippen LogP contribution in [0.15, 0.2) is 34.8 Å². The van der Waals surface area contributed by atoms with Crippen LogP contribution in [0.4, 0.5) is 5.69 Å². The summed E-state index contributed by atoms with van der Waals surface area (Å²) in [4.78, 5) is 29.0. The number of pyridine rings is 1. The van der Waals surface area contributed by atoms with E-state index in [1.165, 1.54) is 0 Å². The van der Waals surface area contributed by atoms with Gasteiger partial charge in [0.05, 0.1) is 29.1 Å². The molecule has 1 amide bonds. The first-order valence-corrected chi connectivity index (χ1v) is 8.44. The van der Waals surface area contributed by atoms with Crippen molar-refractivity contribution in [2.24, 2.45) is 0 Å². The van der Waals surface area contributed by atoms with Gasteiger partial charge in [0.25, 0.3) is 5.91 Å². The van der Waals surface area contributed by atoms with Crippen LogP contribution in [0, 0.1) is 13.8 Å². The molecule has 0 atom stereocenters. The fourth-order valence-corrected chi connectivity index (χ4v) is 2.54. The maximum absolute atomic E-state index is 12.5. The molecule has 24 heavy (non-hydrogen) atoms. The molecule has 5 nitrogen and oxygen atoms in total. The van der Waals surface area contributed by atoms with Crippen LogP contribution in [0.1, 0.15) is 45.4 Å². The van der Waals surface area contributed by atoms with Crippen molar-refractivity contribution in [3.63, 3.8) is 0 Å². The molecule has 0 spiro atoms. The number of esters is 1. The van der Waals surface area contributed by atoms with Crippen molar-refractivity contribution in [3.8, 4) is 0 Å². The van der Waals surface area contributed by atoms with Crippen LogP contribution in [0.3, 0.4) is 0 Å². The lowest BCUT2D eigenvalue weighted by molar-refractivity contribution is 0.0506. The fraction of sp³-hybridized carbons (Fsp3) is 0.278. The molecular weight excluding hydrogens is 372 g/mol. The Bertz CT molecular complexity index is 775. The molecule has 0 unspecified atom stereocenters. The van der Waals surface area contributed by atoms with Gasteiger partial charge in [-0.15, -0.1) is 0 Å². The third-order valence-corrected chi connectivity index (χ3v) is 3.85. The van der Waals surface area contributed by atoms with Crippen molar-refractivity contribution in [1.82, 2.24) is 4.98 Å². The first kappa shape index (κ1) is 18.1. The lowest BCUT2D eigenvalue weighted by atomic mass is 10.1. The lowest BCUT2D eigenvalue weighted by Gasteiger charge is -2.12. The number of hydrogen-bond donors (Lipinski definition) is 1. The Morgan fingerprint density at radius 2 is 1.92 bits per heavy atom. The number of aromatic nitrogens is 1. The highest BCUT2D eigenvalue weighted by atomic mass is 79.9. The number of nitrogens with zero attached hydrogens (tertiary/aromatic N) is 1. The van der Waals surface area contributed by atoms with Crippen LogP contribution in [0.25, 0.3) is 0 Å². The van der Waals surface area contributed by atoms with E-state index in [-0.39, 0.29) is 5.91 Å².